The molecule has 10 heteroatoms. The Bertz CT molecular complexity index is 1230. The lowest BCUT2D eigenvalue weighted by atomic mass is 10.0. The molecule has 6 rings (SSSR count). The number of likely N-dealkylation sites (tertiary alicyclic amines) is 2. The molecule has 3 fully saturated rings. The SMILES string of the molecule is O=C(c1ccc(-c2ncc[nH]2)cc1)N1C[C@H]2C[C@@]2(C(=O)N2CCCC(Oc3ncc(Br)cn3)C2)C1. The van der Waals surface area contributed by atoms with E-state index in [0.29, 0.717) is 31.2 Å². The molecule has 0 bridgehead atoms. The van der Waals surface area contributed by atoms with Crippen LogP contribution >= 0.6 is 15.9 Å². The quantitative estimate of drug-likeness (QED) is 0.537. The molecule has 0 radical (unpaired) electrons. The van der Waals surface area contributed by atoms with Crippen molar-refractivity contribution in [2.45, 2.75) is 25.4 Å². The van der Waals surface area contributed by atoms with Crippen molar-refractivity contribution >= 4 is 27.7 Å². The molecule has 1 saturated carbocycles. The number of aromatic amines is 1. The van der Waals surface area contributed by atoms with E-state index in [9.17, 15) is 9.59 Å². The summed E-state index contributed by atoms with van der Waals surface area (Å²) in [4.78, 5) is 46.2. The van der Waals surface area contributed by atoms with Gasteiger partial charge in [-0.2, -0.15) is 0 Å². The number of piperidine rings is 2. The topological polar surface area (TPSA) is 104 Å². The van der Waals surface area contributed by atoms with E-state index in [1.54, 1.807) is 24.8 Å². The highest BCUT2D eigenvalue weighted by atomic mass is 79.9. The number of hydrogen-bond donors (Lipinski definition) is 1. The summed E-state index contributed by atoms with van der Waals surface area (Å²) in [7, 11) is 0. The molecular formula is C25H25BrN6O3. The first-order valence-electron chi connectivity index (χ1n) is 11.8. The van der Waals surface area contributed by atoms with Gasteiger partial charge in [0.1, 0.15) is 11.9 Å². The standard InChI is InChI=1S/C25H25BrN6O3/c26-19-11-29-24(30-12-19)35-20-2-1-9-31(14-20)23(34)25-10-18(25)13-32(15-25)22(33)17-5-3-16(4-6-17)21-27-7-8-28-21/h3-8,11-12,18,20H,1-2,9-10,13-15H2,(H,27,28)/t18-,20?,25-/m1/s1. The minimum absolute atomic E-state index is 0.0254. The van der Waals surface area contributed by atoms with Gasteiger partial charge in [-0.3, -0.25) is 9.59 Å². The first-order valence-corrected chi connectivity index (χ1v) is 12.6. The Morgan fingerprint density at radius 2 is 1.89 bits per heavy atom. The van der Waals surface area contributed by atoms with Crippen LogP contribution in [0.5, 0.6) is 6.01 Å². The summed E-state index contributed by atoms with van der Waals surface area (Å²) in [6.07, 6.45) is 9.22. The summed E-state index contributed by atoms with van der Waals surface area (Å²) in [6, 6.07) is 7.77. The first kappa shape index (κ1) is 22.2. The second kappa shape index (κ2) is 8.75. The molecule has 180 valence electrons. The summed E-state index contributed by atoms with van der Waals surface area (Å²) < 4.78 is 6.74. The number of nitrogens with zero attached hydrogens (tertiary/aromatic N) is 5. The van der Waals surface area contributed by atoms with Crippen LogP contribution in [0.25, 0.3) is 11.4 Å². The van der Waals surface area contributed by atoms with Gasteiger partial charge in [0.15, 0.2) is 0 Å². The normalized spacial score (nSPS) is 25.3. The van der Waals surface area contributed by atoms with Crippen LogP contribution in [0.1, 0.15) is 29.6 Å². The van der Waals surface area contributed by atoms with Gasteiger partial charge in [0.25, 0.3) is 5.91 Å². The van der Waals surface area contributed by atoms with Crippen molar-refractivity contribution in [2.75, 3.05) is 26.2 Å². The summed E-state index contributed by atoms with van der Waals surface area (Å²) in [6.45, 7) is 2.35. The van der Waals surface area contributed by atoms with Crippen LogP contribution in [-0.2, 0) is 4.79 Å². The Balaban J connectivity index is 1.09. The number of aromatic nitrogens is 4. The number of nitrogens with one attached hydrogen (secondary N) is 1. The fourth-order valence-corrected chi connectivity index (χ4v) is 5.59. The zero-order valence-electron chi connectivity index (χ0n) is 19.1. The first-order chi connectivity index (χ1) is 17.0. The van der Waals surface area contributed by atoms with Gasteiger partial charge in [-0.15, -0.1) is 0 Å². The second-order valence-electron chi connectivity index (χ2n) is 9.58. The number of H-pyrrole nitrogens is 1. The maximum Gasteiger partial charge on any atom is 0.316 e. The predicted octanol–water partition coefficient (Wildman–Crippen LogP) is 3.16. The fourth-order valence-electron chi connectivity index (χ4n) is 5.39. The largest absolute Gasteiger partial charge is 0.458 e. The monoisotopic (exact) mass is 536 g/mol. The molecule has 9 nitrogen and oxygen atoms in total. The van der Waals surface area contributed by atoms with Crippen LogP contribution in [0.15, 0.2) is 53.5 Å². The fraction of sp³-hybridized carbons (Fsp3) is 0.400. The van der Waals surface area contributed by atoms with Crippen molar-refractivity contribution in [1.82, 2.24) is 29.7 Å². The van der Waals surface area contributed by atoms with Crippen molar-refractivity contribution in [3.05, 3.63) is 59.1 Å². The smallest absolute Gasteiger partial charge is 0.316 e. The molecule has 2 saturated heterocycles. The Morgan fingerprint density at radius 1 is 1.09 bits per heavy atom. The van der Waals surface area contributed by atoms with Gasteiger partial charge in [0, 0.05) is 55.5 Å². The lowest BCUT2D eigenvalue weighted by molar-refractivity contribution is -0.139. The van der Waals surface area contributed by atoms with Crippen LogP contribution in [-0.4, -0.2) is 73.8 Å². The second-order valence-corrected chi connectivity index (χ2v) is 10.5. The number of rotatable bonds is 5. The Morgan fingerprint density at radius 3 is 2.63 bits per heavy atom. The van der Waals surface area contributed by atoms with E-state index in [1.165, 1.54) is 0 Å². The molecule has 1 aromatic carbocycles. The average molecular weight is 537 g/mol. The van der Waals surface area contributed by atoms with Crippen molar-refractivity contribution in [3.63, 3.8) is 0 Å². The molecule has 35 heavy (non-hydrogen) atoms. The number of halogens is 1. The van der Waals surface area contributed by atoms with Crippen LogP contribution in [0, 0.1) is 11.3 Å². The lowest BCUT2D eigenvalue weighted by Crippen LogP contribution is -2.48. The number of ether oxygens (including phenoxy) is 1. The van der Waals surface area contributed by atoms with Crippen LogP contribution in [0.4, 0.5) is 0 Å². The maximum atomic E-state index is 13.6. The molecule has 2 aliphatic heterocycles. The Kier molecular flexibility index (Phi) is 5.55. The molecule has 0 spiro atoms. The van der Waals surface area contributed by atoms with Gasteiger partial charge in [-0.1, -0.05) is 12.1 Å². The van der Waals surface area contributed by atoms with Gasteiger partial charge >= 0.3 is 6.01 Å². The number of fused-ring (bicyclic) bond motifs is 1. The van der Waals surface area contributed by atoms with E-state index >= 15 is 0 Å². The summed E-state index contributed by atoms with van der Waals surface area (Å²) in [5.41, 5.74) is 1.11. The number of amides is 2. The molecule has 3 atom stereocenters. The minimum Gasteiger partial charge on any atom is -0.458 e. The molecule has 1 N–H and O–H groups in total. The van der Waals surface area contributed by atoms with E-state index in [0.717, 1.165) is 41.7 Å². The van der Waals surface area contributed by atoms with Crippen molar-refractivity contribution in [2.24, 2.45) is 11.3 Å². The molecule has 2 aromatic heterocycles. The lowest BCUT2D eigenvalue weighted by Gasteiger charge is -2.34. The van der Waals surface area contributed by atoms with E-state index in [-0.39, 0.29) is 23.8 Å². The zero-order valence-corrected chi connectivity index (χ0v) is 20.6. The third-order valence-electron chi connectivity index (χ3n) is 7.30. The molecule has 1 unspecified atom stereocenters. The van der Waals surface area contributed by atoms with Gasteiger partial charge in [0.2, 0.25) is 5.91 Å². The highest BCUT2D eigenvalue weighted by Crippen LogP contribution is 2.59. The van der Waals surface area contributed by atoms with E-state index in [4.69, 9.17) is 4.74 Å². The molecular weight excluding hydrogens is 512 g/mol. The van der Waals surface area contributed by atoms with Gasteiger partial charge in [0.05, 0.1) is 16.4 Å². The number of benzene rings is 1. The average Bonchev–Trinajstić information content (AvgIpc) is 3.23. The molecule has 4 heterocycles. The van der Waals surface area contributed by atoms with Gasteiger partial charge < -0.3 is 19.5 Å². The Labute approximate surface area is 211 Å². The van der Waals surface area contributed by atoms with Crippen LogP contribution < -0.4 is 4.74 Å². The van der Waals surface area contributed by atoms with Crippen molar-refractivity contribution < 1.29 is 14.3 Å². The number of imidazole rings is 1. The highest BCUT2D eigenvalue weighted by molar-refractivity contribution is 9.10. The van der Waals surface area contributed by atoms with E-state index in [2.05, 4.69) is 35.9 Å². The number of carbonyl (C=O) groups is 2. The van der Waals surface area contributed by atoms with E-state index < -0.39 is 5.41 Å². The summed E-state index contributed by atoms with van der Waals surface area (Å²) >= 11 is 3.32. The minimum atomic E-state index is -0.445. The van der Waals surface area contributed by atoms with E-state index in [1.807, 2.05) is 34.1 Å². The van der Waals surface area contributed by atoms with Crippen LogP contribution in [0.3, 0.4) is 0 Å². The highest BCUT2D eigenvalue weighted by Gasteiger charge is 2.66. The van der Waals surface area contributed by atoms with Crippen molar-refractivity contribution in [1.29, 1.82) is 0 Å². The van der Waals surface area contributed by atoms with Gasteiger partial charge in [-0.25, -0.2) is 15.0 Å². The number of carbonyl (C=O) groups excluding carboxylic acids is 2. The zero-order chi connectivity index (χ0) is 24.0. The molecule has 2 amide bonds. The van der Waals surface area contributed by atoms with Crippen molar-refractivity contribution in [3.8, 4) is 17.4 Å². The number of hydrogen-bond acceptors (Lipinski definition) is 6. The molecule has 3 aliphatic rings. The van der Waals surface area contributed by atoms with Crippen LogP contribution in [0.2, 0.25) is 0 Å². The predicted molar refractivity (Wildman–Crippen MR) is 130 cm³/mol. The molecule has 1 aliphatic carbocycles. The van der Waals surface area contributed by atoms with Gasteiger partial charge in [-0.05, 0) is 53.2 Å². The summed E-state index contributed by atoms with van der Waals surface area (Å²) in [5.74, 6) is 1.13. The molecule has 3 aromatic rings. The Hall–Kier alpha value is -3.27. The maximum absolute atomic E-state index is 13.6. The third kappa shape index (κ3) is 4.20. The third-order valence-corrected chi connectivity index (χ3v) is 7.71. The summed E-state index contributed by atoms with van der Waals surface area (Å²) in [5, 5.41) is 0.